The van der Waals surface area contributed by atoms with Crippen molar-refractivity contribution in [2.75, 3.05) is 79.3 Å². The molecule has 8 aromatic rings. The minimum absolute atomic E-state index is 0. The number of rotatable bonds is 48. The van der Waals surface area contributed by atoms with E-state index >= 15 is 0 Å². The Morgan fingerprint density at radius 3 is 0.468 bits per heavy atom. The zero-order chi connectivity index (χ0) is 83.2. The van der Waals surface area contributed by atoms with Gasteiger partial charge in [-0.3, -0.25) is 0 Å². The molecule has 0 aromatic heterocycles. The van der Waals surface area contributed by atoms with Crippen molar-refractivity contribution in [2.24, 2.45) is 0 Å². The first kappa shape index (κ1) is 117. The van der Waals surface area contributed by atoms with E-state index in [2.05, 4.69) is 0 Å². The molecule has 36 heteroatoms. The quantitative estimate of drug-likeness (QED) is 0.0252. The maximum atomic E-state index is 12.9. The fourth-order valence-electron chi connectivity index (χ4n) is 13.6. The van der Waals surface area contributed by atoms with E-state index in [1.807, 2.05) is 27.7 Å². The van der Waals surface area contributed by atoms with Crippen LogP contribution in [0, 0.1) is 0 Å². The number of aliphatic carboxylic acids is 8. The minimum atomic E-state index is -1.78. The van der Waals surface area contributed by atoms with Crippen LogP contribution in [0.1, 0.15) is 195 Å². The number of hydrogen-bond donors (Lipinski definition) is 0. The van der Waals surface area contributed by atoms with Crippen LogP contribution in [-0.4, -0.2) is 127 Å². The van der Waals surface area contributed by atoms with Crippen LogP contribution in [0.3, 0.4) is 0 Å². The van der Waals surface area contributed by atoms with Gasteiger partial charge in [0.05, 0.1) is 74.2 Å². The molecule has 0 spiro atoms. The summed E-state index contributed by atoms with van der Waals surface area (Å²) in [5.74, 6) is -22.4. The van der Waals surface area contributed by atoms with Crippen LogP contribution in [0.25, 0.3) is 0 Å². The molecule has 0 radical (unpaired) electrons. The van der Waals surface area contributed by atoms with Crippen LogP contribution in [0.2, 0.25) is 0 Å². The Hall–Kier alpha value is -4.88. The number of hydrogen-bond acceptors (Lipinski definition) is 28. The minimum Gasteiger partial charge on any atom is -0.546 e. The molecule has 8 aromatic carbocycles. The van der Waals surface area contributed by atoms with Gasteiger partial charge in [-0.25, -0.2) is 0 Å². The summed E-state index contributed by atoms with van der Waals surface area (Å²) in [6.07, 6.45) is 9.33. The van der Waals surface area contributed by atoms with Crippen LogP contribution in [-0.2, 0) is 38.4 Å². The average molecular weight is 1780 g/mol. The number of unbranched alkanes of at least 4 members (excludes halogenated alkanes) is 8. The summed E-state index contributed by atoms with van der Waals surface area (Å²) in [5.41, 5.74) is 0.0808. The van der Waals surface area contributed by atoms with Crippen molar-refractivity contribution in [2.45, 2.75) is 128 Å². The first-order chi connectivity index (χ1) is 56.0. The predicted octanol–water partition coefficient (Wildman–Crippen LogP) is -19.9. The molecule has 0 atom stereocenters. The van der Waals surface area contributed by atoms with Crippen LogP contribution in [0.4, 0.5) is 0 Å². The summed E-state index contributed by atoms with van der Waals surface area (Å²) in [7, 11) is 0. The van der Waals surface area contributed by atoms with E-state index in [4.69, 9.17) is 56.8 Å². The Kier molecular flexibility index (Phi) is 57.5. The van der Waals surface area contributed by atoms with E-state index < -0.39 is 170 Å². The number of fused-ring (bicyclic) bond motifs is 8. The second-order valence-electron chi connectivity index (χ2n) is 27.2. The largest absolute Gasteiger partial charge is 1.00 e. The van der Waals surface area contributed by atoms with Crippen molar-refractivity contribution in [3.8, 4) is 69.0 Å². The molecule has 9 rings (SSSR count). The monoisotopic (exact) mass is 1780 g/mol. The molecule has 0 heterocycles. The number of carbonyl (C=O) groups excluding carboxylic acids is 8. The standard InChI is InChI=1S/C88H96O28.8Na/c1-5-9-13-33-105-57-25-17-53(18-26-57)85-61-37-63(71(111-47-79(93)94)41-69(61)109-45-77(89)90)86(54-19-27-58(28-20-54)106-34-14-10-6-2)65-39-67(75(115-51-83(101)102)43-73(65)113-49-81(97)98)88(56-23-31-60(32-24-56)108-36-16-12-8-4)68-40-66(74(114-50-82(99)100)44-76(68)116-52-84(103)104)87(55-21-29-59(30-22-55)107-35-15-11-7-3)64-38-62(85)70(110-46-78(91)92)42-72(64)112-48-80(95)96;;;;;;;;/h17-32,37-44,85-88H,5-16,33-36,45-52H2,1-4H3,(H,89,90)(H,91,92)(H,93,94)(H,95,96)(H,97,98)(H,99,100)(H,101,102)(H,103,104);;;;;;;;/q;8*+1/p-8. The molecule has 0 unspecified atom stereocenters. The molecule has 0 saturated carbocycles. The van der Waals surface area contributed by atoms with E-state index in [1.54, 1.807) is 97.1 Å². The molecular formula is C88H88Na8O28. The second kappa shape index (κ2) is 60.9. The molecule has 124 heavy (non-hydrogen) atoms. The third-order valence-electron chi connectivity index (χ3n) is 18.7. The maximum Gasteiger partial charge on any atom is 1.00 e. The van der Waals surface area contributed by atoms with Crippen LogP contribution in [0.15, 0.2) is 146 Å². The van der Waals surface area contributed by atoms with Crippen LogP contribution < -0.4 is 334 Å². The van der Waals surface area contributed by atoms with Crippen molar-refractivity contribution in [3.63, 3.8) is 0 Å². The van der Waals surface area contributed by atoms with Gasteiger partial charge in [-0.1, -0.05) is 128 Å². The Morgan fingerprint density at radius 1 is 0.210 bits per heavy atom. The van der Waals surface area contributed by atoms with Crippen LogP contribution in [0.5, 0.6) is 69.0 Å². The van der Waals surface area contributed by atoms with E-state index in [1.165, 1.54) is 24.3 Å². The molecule has 0 amide bonds. The molecule has 0 N–H and O–H groups in total. The van der Waals surface area contributed by atoms with Gasteiger partial charge in [0.1, 0.15) is 122 Å². The molecule has 28 nitrogen and oxygen atoms in total. The van der Waals surface area contributed by atoms with Gasteiger partial charge in [0.15, 0.2) is 0 Å². The summed E-state index contributed by atoms with van der Waals surface area (Å²) in [6.45, 7) is -0.689. The van der Waals surface area contributed by atoms with Gasteiger partial charge < -0.3 is 136 Å². The SMILES string of the molecule is CCCCCOc1ccc(C2c3cc(c(OCC(=O)[O-])cc3OCC(=O)[O-])C(c3ccc(OCCCCC)cc3)c3cc(c(OCC(=O)[O-])cc3OCC(=O)[O-])C(c3ccc(OCCCCC)cc3)c3cc(c(OCC(=O)[O-])cc3OCC(=O)[O-])C(c3ccc(OCCCCC)cc3)c3cc2c(OCC(=O)[O-])cc3OCC(=O)[O-])cc1.[Na+].[Na+].[Na+].[Na+].[Na+].[Na+].[Na+].[Na+]. The summed E-state index contributed by atoms with van der Waals surface area (Å²) >= 11 is 0. The smallest absolute Gasteiger partial charge is 0.546 e. The van der Waals surface area contributed by atoms with Crippen LogP contribution >= 0.6 is 0 Å². The Labute approximate surface area is 897 Å². The van der Waals surface area contributed by atoms with Gasteiger partial charge in [0.25, 0.3) is 0 Å². The molecule has 1 aliphatic rings. The zero-order valence-electron chi connectivity index (χ0n) is 72.6. The van der Waals surface area contributed by atoms with E-state index in [0.29, 0.717) is 48.7 Å². The van der Waals surface area contributed by atoms with Crippen molar-refractivity contribution in [3.05, 3.63) is 212 Å². The third-order valence-corrected chi connectivity index (χ3v) is 18.7. The summed E-state index contributed by atoms with van der Waals surface area (Å²) in [4.78, 5) is 104. The van der Waals surface area contributed by atoms with Gasteiger partial charge >= 0.3 is 236 Å². The summed E-state index contributed by atoms with van der Waals surface area (Å²) in [5, 5.41) is 104. The average Bonchev–Trinajstić information content (AvgIpc) is 0.731. The van der Waals surface area contributed by atoms with Gasteiger partial charge in [-0.15, -0.1) is 0 Å². The molecular weight excluding hydrogens is 1690 g/mol. The van der Waals surface area contributed by atoms with Crippen molar-refractivity contribution >= 4 is 47.8 Å². The molecule has 0 aliphatic heterocycles. The van der Waals surface area contributed by atoms with E-state index in [-0.39, 0.29) is 330 Å². The van der Waals surface area contributed by atoms with Gasteiger partial charge in [0.2, 0.25) is 0 Å². The third kappa shape index (κ3) is 35.4. The van der Waals surface area contributed by atoms with Gasteiger partial charge in [-0.05, 0) is 121 Å². The first-order valence-corrected chi connectivity index (χ1v) is 38.2. The molecule has 1 aliphatic carbocycles. The Balaban J connectivity index is 0.00000961. The van der Waals surface area contributed by atoms with E-state index in [9.17, 15) is 79.2 Å². The summed E-state index contributed by atoms with van der Waals surface area (Å²) in [6, 6.07) is 36.0. The predicted molar refractivity (Wildman–Crippen MR) is 399 cm³/mol. The molecule has 616 valence electrons. The number of carbonyl (C=O) groups is 8. The summed E-state index contributed by atoms with van der Waals surface area (Å²) < 4.78 is 75.1. The Morgan fingerprint density at radius 2 is 0.347 bits per heavy atom. The fourth-order valence-corrected chi connectivity index (χ4v) is 13.6. The van der Waals surface area contributed by atoms with Gasteiger partial charge in [0, 0.05) is 92.4 Å². The topological polar surface area (TPSA) is 432 Å². The van der Waals surface area contributed by atoms with Crippen molar-refractivity contribution in [1.29, 1.82) is 0 Å². The number of ether oxygens (including phenoxy) is 12. The number of benzene rings is 8. The second-order valence-corrected chi connectivity index (χ2v) is 27.2. The van der Waals surface area contributed by atoms with Crippen molar-refractivity contribution < 1.29 is 373 Å². The van der Waals surface area contributed by atoms with Crippen molar-refractivity contribution in [1.82, 2.24) is 0 Å². The van der Waals surface area contributed by atoms with Gasteiger partial charge in [-0.2, -0.15) is 0 Å². The number of carboxylic acid groups (broad SMARTS) is 8. The first-order valence-electron chi connectivity index (χ1n) is 38.2. The zero-order valence-corrected chi connectivity index (χ0v) is 88.6. The number of carboxylic acids is 8. The normalized spacial score (nSPS) is 13.1. The maximum absolute atomic E-state index is 12.9. The Bertz CT molecular complexity index is 3960. The molecule has 0 saturated heterocycles. The molecule has 0 fully saturated rings. The molecule has 8 bridgehead atoms. The fraction of sp³-hybridized carbons (Fsp3) is 0.364. The van der Waals surface area contributed by atoms with E-state index in [0.717, 1.165) is 75.6 Å².